The Morgan fingerprint density at radius 1 is 0.939 bits per heavy atom. The fourth-order valence-corrected chi connectivity index (χ4v) is 4.82. The van der Waals surface area contributed by atoms with Crippen molar-refractivity contribution in [2.75, 3.05) is 24.8 Å². The number of sulfone groups is 1. The molecule has 10 heteroatoms. The molecule has 0 fully saturated rings. The second-order valence-electron chi connectivity index (χ2n) is 6.83. The number of carbonyl (C=O) groups is 3. The van der Waals surface area contributed by atoms with E-state index in [1.54, 1.807) is 13.0 Å². The quantitative estimate of drug-likeness (QED) is 0.481. The maximum Gasteiger partial charge on any atom is 0.350 e. The number of nitrogens with one attached hydrogen (secondary N) is 1. The van der Waals surface area contributed by atoms with Crippen molar-refractivity contribution in [3.05, 3.63) is 71.1 Å². The number of carbonyl (C=O) groups excluding carboxylic acids is 3. The molecule has 0 aliphatic heterocycles. The summed E-state index contributed by atoms with van der Waals surface area (Å²) in [5, 5.41) is 2.57. The molecule has 172 valence electrons. The smallest absolute Gasteiger partial charge is 0.350 e. The molecule has 1 amide bonds. The van der Waals surface area contributed by atoms with Gasteiger partial charge in [0, 0.05) is 11.1 Å². The van der Waals surface area contributed by atoms with Crippen LogP contribution >= 0.6 is 11.3 Å². The van der Waals surface area contributed by atoms with Gasteiger partial charge in [0.15, 0.2) is 16.4 Å². The van der Waals surface area contributed by atoms with Crippen LogP contribution in [0.1, 0.15) is 27.0 Å². The molecule has 1 N–H and O–H groups in total. The highest BCUT2D eigenvalue weighted by molar-refractivity contribution is 7.90. The van der Waals surface area contributed by atoms with E-state index in [0.29, 0.717) is 0 Å². The lowest BCUT2D eigenvalue weighted by Crippen LogP contribution is -2.22. The minimum Gasteiger partial charge on any atom is -0.462 e. The molecule has 1 aromatic heterocycles. The topological polar surface area (TPSA) is 116 Å². The fourth-order valence-electron chi connectivity index (χ4n) is 2.93. The normalized spacial score (nSPS) is 11.0. The number of hydrogen-bond acceptors (Lipinski definition) is 8. The molecule has 0 aliphatic rings. The molecule has 3 aromatic rings. The Kier molecular flexibility index (Phi) is 7.62. The molecule has 0 spiro atoms. The molecule has 33 heavy (non-hydrogen) atoms. The predicted molar refractivity (Wildman–Crippen MR) is 124 cm³/mol. The second-order valence-corrected chi connectivity index (χ2v) is 9.87. The number of esters is 2. The third-order valence-electron chi connectivity index (χ3n) is 4.37. The molecule has 0 unspecified atom stereocenters. The van der Waals surface area contributed by atoms with Crippen LogP contribution in [0.3, 0.4) is 0 Å². The van der Waals surface area contributed by atoms with Gasteiger partial charge in [-0.3, -0.25) is 4.79 Å². The van der Waals surface area contributed by atoms with Gasteiger partial charge in [-0.2, -0.15) is 0 Å². The minimum absolute atomic E-state index is 0.165. The highest BCUT2D eigenvalue weighted by Crippen LogP contribution is 2.35. The van der Waals surface area contributed by atoms with Crippen LogP contribution in [0.25, 0.3) is 10.4 Å². The standard InChI is InChI=1S/C23H21NO7S2/c1-3-30-23(27)21-17(13-18(32-21)15-9-5-4-6-10-15)24-20(25)14-31-22(26)16-11-7-8-12-19(16)33(2,28)29/h4-13H,3,14H2,1-2H3,(H,24,25). The summed E-state index contributed by atoms with van der Waals surface area (Å²) in [5.41, 5.74) is 0.925. The zero-order valence-electron chi connectivity index (χ0n) is 17.9. The average Bonchev–Trinajstić information content (AvgIpc) is 3.21. The molecule has 0 aliphatic carbocycles. The summed E-state index contributed by atoms with van der Waals surface area (Å²) in [6.07, 6.45) is 0.976. The van der Waals surface area contributed by atoms with Crippen molar-refractivity contribution in [2.24, 2.45) is 0 Å². The van der Waals surface area contributed by atoms with Gasteiger partial charge in [0.05, 0.1) is 22.8 Å². The van der Waals surface area contributed by atoms with Crippen LogP contribution in [0.15, 0.2) is 65.6 Å². The molecule has 0 bridgehead atoms. The Hall–Kier alpha value is -3.50. The van der Waals surface area contributed by atoms with Crippen LogP contribution in [-0.4, -0.2) is 45.7 Å². The lowest BCUT2D eigenvalue weighted by Gasteiger charge is -2.09. The van der Waals surface area contributed by atoms with E-state index in [0.717, 1.165) is 28.0 Å². The predicted octanol–water partition coefficient (Wildman–Crippen LogP) is 3.79. The Morgan fingerprint density at radius 3 is 2.27 bits per heavy atom. The molecular formula is C23H21NO7S2. The zero-order valence-corrected chi connectivity index (χ0v) is 19.5. The number of rotatable bonds is 8. The molecule has 0 saturated carbocycles. The van der Waals surface area contributed by atoms with Gasteiger partial charge in [-0.1, -0.05) is 42.5 Å². The first kappa shape index (κ1) is 24.1. The molecule has 0 radical (unpaired) electrons. The molecule has 3 rings (SSSR count). The van der Waals surface area contributed by atoms with E-state index >= 15 is 0 Å². The first-order valence-electron chi connectivity index (χ1n) is 9.83. The van der Waals surface area contributed by atoms with Gasteiger partial charge in [0.25, 0.3) is 5.91 Å². The largest absolute Gasteiger partial charge is 0.462 e. The number of anilines is 1. The maximum atomic E-state index is 12.5. The van der Waals surface area contributed by atoms with Crippen LogP contribution < -0.4 is 5.32 Å². The lowest BCUT2D eigenvalue weighted by molar-refractivity contribution is -0.119. The lowest BCUT2D eigenvalue weighted by atomic mass is 10.2. The molecule has 2 aromatic carbocycles. The van der Waals surface area contributed by atoms with Crippen molar-refractivity contribution in [3.8, 4) is 10.4 Å². The van der Waals surface area contributed by atoms with Crippen LogP contribution in [0, 0.1) is 0 Å². The monoisotopic (exact) mass is 487 g/mol. The number of ether oxygens (including phenoxy) is 2. The maximum absolute atomic E-state index is 12.5. The summed E-state index contributed by atoms with van der Waals surface area (Å²) in [7, 11) is -3.66. The van der Waals surface area contributed by atoms with E-state index in [9.17, 15) is 22.8 Å². The summed E-state index contributed by atoms with van der Waals surface area (Å²) in [6.45, 7) is 1.17. The van der Waals surface area contributed by atoms with Crippen molar-refractivity contribution in [1.82, 2.24) is 0 Å². The Bertz CT molecular complexity index is 1280. The van der Waals surface area contributed by atoms with Crippen molar-refractivity contribution in [1.29, 1.82) is 0 Å². The first-order valence-corrected chi connectivity index (χ1v) is 12.5. The third-order valence-corrected chi connectivity index (χ3v) is 6.69. The van der Waals surface area contributed by atoms with E-state index in [2.05, 4.69) is 5.32 Å². The highest BCUT2D eigenvalue weighted by atomic mass is 32.2. The van der Waals surface area contributed by atoms with E-state index < -0.39 is 34.3 Å². The van der Waals surface area contributed by atoms with Crippen LogP contribution in [-0.2, 0) is 24.1 Å². The third kappa shape index (κ3) is 6.05. The minimum atomic E-state index is -3.66. The Labute approximate surface area is 195 Å². The average molecular weight is 488 g/mol. The molecule has 0 atom stereocenters. The first-order chi connectivity index (χ1) is 15.7. The number of thiophene rings is 1. The van der Waals surface area contributed by atoms with Crippen molar-refractivity contribution >= 4 is 44.7 Å². The summed E-state index contributed by atoms with van der Waals surface area (Å²) in [5.74, 6) is -2.23. The Morgan fingerprint density at radius 2 is 1.61 bits per heavy atom. The summed E-state index contributed by atoms with van der Waals surface area (Å²) in [6, 6.07) is 16.5. The van der Waals surface area contributed by atoms with Gasteiger partial charge in [-0.05, 0) is 30.7 Å². The molecule has 0 saturated heterocycles. The van der Waals surface area contributed by atoms with Crippen LogP contribution in [0.4, 0.5) is 5.69 Å². The number of hydrogen-bond donors (Lipinski definition) is 1. The summed E-state index contributed by atoms with van der Waals surface area (Å²) in [4.78, 5) is 38.0. The van der Waals surface area contributed by atoms with Gasteiger partial charge in [-0.25, -0.2) is 18.0 Å². The van der Waals surface area contributed by atoms with Crippen molar-refractivity contribution in [3.63, 3.8) is 0 Å². The fraction of sp³-hybridized carbons (Fsp3) is 0.174. The SMILES string of the molecule is CCOC(=O)c1sc(-c2ccccc2)cc1NC(=O)COC(=O)c1ccccc1S(C)(=O)=O. The van der Waals surface area contributed by atoms with Crippen LogP contribution in [0.5, 0.6) is 0 Å². The van der Waals surface area contributed by atoms with E-state index in [1.807, 2.05) is 30.3 Å². The van der Waals surface area contributed by atoms with E-state index in [-0.39, 0.29) is 27.6 Å². The van der Waals surface area contributed by atoms with Gasteiger partial charge in [0.2, 0.25) is 0 Å². The zero-order chi connectivity index (χ0) is 24.0. The number of benzene rings is 2. The molecular weight excluding hydrogens is 466 g/mol. The van der Waals surface area contributed by atoms with Crippen molar-refractivity contribution in [2.45, 2.75) is 11.8 Å². The number of amides is 1. The second kappa shape index (κ2) is 10.4. The van der Waals surface area contributed by atoms with Crippen molar-refractivity contribution < 1.29 is 32.3 Å². The van der Waals surface area contributed by atoms with Crippen LogP contribution in [0.2, 0.25) is 0 Å². The molecule has 8 nitrogen and oxygen atoms in total. The summed E-state index contributed by atoms with van der Waals surface area (Å²) >= 11 is 1.16. The van der Waals surface area contributed by atoms with E-state index in [4.69, 9.17) is 9.47 Å². The van der Waals surface area contributed by atoms with Gasteiger partial charge >= 0.3 is 11.9 Å². The molecule has 1 heterocycles. The summed E-state index contributed by atoms with van der Waals surface area (Å²) < 4.78 is 33.9. The van der Waals surface area contributed by atoms with Gasteiger partial charge in [0.1, 0.15) is 4.88 Å². The Balaban J connectivity index is 1.76. The van der Waals surface area contributed by atoms with Gasteiger partial charge < -0.3 is 14.8 Å². The highest BCUT2D eigenvalue weighted by Gasteiger charge is 2.22. The van der Waals surface area contributed by atoms with Gasteiger partial charge in [-0.15, -0.1) is 11.3 Å². The van der Waals surface area contributed by atoms with E-state index in [1.165, 1.54) is 24.3 Å².